The maximum Gasteiger partial charge on any atom is 0.252 e. The minimum atomic E-state index is -3.89. The van der Waals surface area contributed by atoms with Gasteiger partial charge in [-0.25, -0.2) is 13.6 Å². The van der Waals surface area contributed by atoms with Crippen molar-refractivity contribution in [3.8, 4) is 0 Å². The summed E-state index contributed by atoms with van der Waals surface area (Å²) in [5.74, 6) is -0.329. The van der Waals surface area contributed by atoms with Crippen LogP contribution in [0.25, 0.3) is 0 Å². The van der Waals surface area contributed by atoms with Crippen molar-refractivity contribution in [2.24, 2.45) is 5.14 Å². The molecule has 1 aromatic rings. The number of primary sulfonamides is 1. The van der Waals surface area contributed by atoms with E-state index in [1.54, 1.807) is 6.92 Å². The molecule has 19 heavy (non-hydrogen) atoms. The Balaban J connectivity index is 2.44. The van der Waals surface area contributed by atoms with Crippen molar-refractivity contribution in [3.05, 3.63) is 28.3 Å². The fourth-order valence-electron chi connectivity index (χ4n) is 1.71. The van der Waals surface area contributed by atoms with Crippen molar-refractivity contribution in [1.29, 1.82) is 0 Å². The number of hydrogen-bond acceptors (Lipinski definition) is 3. The standard InChI is InChI=1S/C12H15ClN2O3S/c1-7-9(11(16)15-12(2)3-4-12)5-8(6-10(7)13)19(14,17)18/h5-6H,3-4H2,1-2H3,(H,15,16)(H2,14,17,18). The van der Waals surface area contributed by atoms with Gasteiger partial charge in [0.25, 0.3) is 5.91 Å². The number of amides is 1. The monoisotopic (exact) mass is 302 g/mol. The van der Waals surface area contributed by atoms with E-state index in [4.69, 9.17) is 16.7 Å². The quantitative estimate of drug-likeness (QED) is 0.888. The summed E-state index contributed by atoms with van der Waals surface area (Å²) in [4.78, 5) is 12.0. The zero-order valence-electron chi connectivity index (χ0n) is 10.7. The number of rotatable bonds is 3. The van der Waals surface area contributed by atoms with Crippen LogP contribution in [-0.4, -0.2) is 19.9 Å². The van der Waals surface area contributed by atoms with Crippen molar-refractivity contribution in [3.63, 3.8) is 0 Å². The first kappa shape index (κ1) is 14.3. The van der Waals surface area contributed by atoms with Crippen LogP contribution in [0, 0.1) is 6.92 Å². The first-order chi connectivity index (χ1) is 8.62. The van der Waals surface area contributed by atoms with E-state index < -0.39 is 10.0 Å². The van der Waals surface area contributed by atoms with Crippen LogP contribution in [0.1, 0.15) is 35.7 Å². The van der Waals surface area contributed by atoms with Gasteiger partial charge in [-0.1, -0.05) is 11.6 Å². The van der Waals surface area contributed by atoms with Crippen LogP contribution < -0.4 is 10.5 Å². The molecule has 0 bridgehead atoms. The number of benzene rings is 1. The van der Waals surface area contributed by atoms with Crippen molar-refractivity contribution >= 4 is 27.5 Å². The van der Waals surface area contributed by atoms with Gasteiger partial charge < -0.3 is 5.32 Å². The van der Waals surface area contributed by atoms with Gasteiger partial charge in [0, 0.05) is 16.1 Å². The van der Waals surface area contributed by atoms with E-state index in [0.29, 0.717) is 5.56 Å². The lowest BCUT2D eigenvalue weighted by atomic mass is 10.1. The summed E-state index contributed by atoms with van der Waals surface area (Å²) in [6, 6.07) is 2.51. The van der Waals surface area contributed by atoms with Crippen LogP contribution in [0.5, 0.6) is 0 Å². The SMILES string of the molecule is Cc1c(Cl)cc(S(N)(=O)=O)cc1C(=O)NC1(C)CC1. The molecular formula is C12H15ClN2O3S. The number of nitrogens with one attached hydrogen (secondary N) is 1. The third-order valence-electron chi connectivity index (χ3n) is 3.31. The highest BCUT2D eigenvalue weighted by molar-refractivity contribution is 7.89. The largest absolute Gasteiger partial charge is 0.347 e. The molecule has 0 unspecified atom stereocenters. The van der Waals surface area contributed by atoms with Gasteiger partial charge in [0.15, 0.2) is 0 Å². The molecule has 5 nitrogen and oxygen atoms in total. The Morgan fingerprint density at radius 1 is 1.42 bits per heavy atom. The van der Waals surface area contributed by atoms with Gasteiger partial charge in [-0.05, 0) is 44.4 Å². The normalized spacial score (nSPS) is 17.1. The van der Waals surface area contributed by atoms with Gasteiger partial charge in [-0.2, -0.15) is 0 Å². The number of carbonyl (C=O) groups excluding carboxylic acids is 1. The smallest absolute Gasteiger partial charge is 0.252 e. The Hall–Kier alpha value is -1.11. The zero-order valence-corrected chi connectivity index (χ0v) is 12.2. The van der Waals surface area contributed by atoms with E-state index in [1.165, 1.54) is 12.1 Å². The molecule has 0 aliphatic heterocycles. The Labute approximate surface area is 117 Å². The molecule has 0 atom stereocenters. The zero-order chi connectivity index (χ0) is 14.4. The molecule has 1 aliphatic rings. The molecule has 104 valence electrons. The van der Waals surface area contributed by atoms with Gasteiger partial charge in [-0.3, -0.25) is 4.79 Å². The molecule has 1 fully saturated rings. The summed E-state index contributed by atoms with van der Waals surface area (Å²) >= 11 is 5.96. The van der Waals surface area contributed by atoms with Gasteiger partial charge in [-0.15, -0.1) is 0 Å². The third kappa shape index (κ3) is 3.08. The minimum absolute atomic E-state index is 0.158. The summed E-state index contributed by atoms with van der Waals surface area (Å²) < 4.78 is 22.7. The third-order valence-corrected chi connectivity index (χ3v) is 4.59. The average molecular weight is 303 g/mol. The van der Waals surface area contributed by atoms with E-state index in [2.05, 4.69) is 5.32 Å². The maximum atomic E-state index is 12.1. The second kappa shape index (κ2) is 4.47. The van der Waals surface area contributed by atoms with E-state index in [9.17, 15) is 13.2 Å². The number of carbonyl (C=O) groups is 1. The lowest BCUT2D eigenvalue weighted by Gasteiger charge is -2.14. The van der Waals surface area contributed by atoms with Gasteiger partial charge in [0.1, 0.15) is 0 Å². The molecule has 0 saturated heterocycles. The van der Waals surface area contributed by atoms with E-state index in [0.717, 1.165) is 12.8 Å². The Kier molecular flexibility index (Phi) is 3.36. The Bertz CT molecular complexity index is 651. The Morgan fingerprint density at radius 3 is 2.47 bits per heavy atom. The molecule has 3 N–H and O–H groups in total. The summed E-state index contributed by atoms with van der Waals surface area (Å²) in [6.45, 7) is 3.60. The van der Waals surface area contributed by atoms with Crippen molar-refractivity contribution in [1.82, 2.24) is 5.32 Å². The van der Waals surface area contributed by atoms with Crippen LogP contribution in [0.15, 0.2) is 17.0 Å². The topological polar surface area (TPSA) is 89.3 Å². The molecule has 0 heterocycles. The fraction of sp³-hybridized carbons (Fsp3) is 0.417. The minimum Gasteiger partial charge on any atom is -0.347 e. The second-order valence-electron chi connectivity index (χ2n) is 5.14. The summed E-state index contributed by atoms with van der Waals surface area (Å²) in [5, 5.41) is 8.13. The van der Waals surface area contributed by atoms with E-state index in [-0.39, 0.29) is 26.9 Å². The van der Waals surface area contributed by atoms with Gasteiger partial charge >= 0.3 is 0 Å². The summed E-state index contributed by atoms with van der Waals surface area (Å²) in [7, 11) is -3.89. The van der Waals surface area contributed by atoms with Crippen LogP contribution in [0.3, 0.4) is 0 Å². The maximum absolute atomic E-state index is 12.1. The molecular weight excluding hydrogens is 288 g/mol. The van der Waals surface area contributed by atoms with Crippen LogP contribution >= 0.6 is 11.6 Å². The van der Waals surface area contributed by atoms with Crippen molar-refractivity contribution in [2.75, 3.05) is 0 Å². The van der Waals surface area contributed by atoms with Crippen molar-refractivity contribution in [2.45, 2.75) is 37.1 Å². The first-order valence-corrected chi connectivity index (χ1v) is 7.70. The van der Waals surface area contributed by atoms with E-state index >= 15 is 0 Å². The second-order valence-corrected chi connectivity index (χ2v) is 7.11. The van der Waals surface area contributed by atoms with E-state index in [1.807, 2.05) is 6.92 Å². The van der Waals surface area contributed by atoms with Crippen molar-refractivity contribution < 1.29 is 13.2 Å². The molecule has 1 aliphatic carbocycles. The molecule has 2 rings (SSSR count). The van der Waals surface area contributed by atoms with Gasteiger partial charge in [0.2, 0.25) is 10.0 Å². The fourth-order valence-corrected chi connectivity index (χ4v) is 2.56. The predicted octanol–water partition coefficient (Wildman–Crippen LogP) is 1.58. The molecule has 1 aromatic carbocycles. The summed E-state index contributed by atoms with van der Waals surface area (Å²) in [5.41, 5.74) is 0.591. The number of sulfonamides is 1. The number of halogens is 1. The molecule has 7 heteroatoms. The highest BCUT2D eigenvalue weighted by Gasteiger charge is 2.39. The summed E-state index contributed by atoms with van der Waals surface area (Å²) in [6.07, 6.45) is 1.83. The predicted molar refractivity (Wildman–Crippen MR) is 72.7 cm³/mol. The van der Waals surface area contributed by atoms with Crippen LogP contribution in [0.4, 0.5) is 0 Å². The van der Waals surface area contributed by atoms with Crippen LogP contribution in [-0.2, 0) is 10.0 Å². The molecule has 1 amide bonds. The molecule has 0 aromatic heterocycles. The highest BCUT2D eigenvalue weighted by Crippen LogP contribution is 2.35. The molecule has 1 saturated carbocycles. The highest BCUT2D eigenvalue weighted by atomic mass is 35.5. The number of nitrogens with two attached hydrogens (primary N) is 1. The van der Waals surface area contributed by atoms with Gasteiger partial charge in [0.05, 0.1) is 4.90 Å². The van der Waals surface area contributed by atoms with Crippen LogP contribution in [0.2, 0.25) is 5.02 Å². The average Bonchev–Trinajstić information content (AvgIpc) is 2.98. The first-order valence-electron chi connectivity index (χ1n) is 5.78. The molecule has 0 spiro atoms. The Morgan fingerprint density at radius 2 is 2.00 bits per heavy atom. The molecule has 0 radical (unpaired) electrons. The lowest BCUT2D eigenvalue weighted by molar-refractivity contribution is 0.0934. The lowest BCUT2D eigenvalue weighted by Crippen LogP contribution is -2.34. The number of hydrogen-bond donors (Lipinski definition) is 2.